The molecule has 0 atom stereocenters. The zero-order valence-corrected chi connectivity index (χ0v) is 22.2. The van der Waals surface area contributed by atoms with E-state index in [4.69, 9.17) is 9.94 Å². The summed E-state index contributed by atoms with van der Waals surface area (Å²) in [5.74, 6) is 1.19. The summed E-state index contributed by atoms with van der Waals surface area (Å²) in [6.07, 6.45) is 11.4. The molecule has 0 fully saturated rings. The van der Waals surface area contributed by atoms with Crippen LogP contribution in [0.15, 0.2) is 54.7 Å². The summed E-state index contributed by atoms with van der Waals surface area (Å²) in [6, 6.07) is 15.7. The van der Waals surface area contributed by atoms with Crippen LogP contribution in [-0.2, 0) is 13.1 Å². The van der Waals surface area contributed by atoms with Crippen LogP contribution in [0.3, 0.4) is 0 Å². The zero-order chi connectivity index (χ0) is 25.8. The van der Waals surface area contributed by atoms with Crippen LogP contribution in [0.2, 0.25) is 0 Å². The highest BCUT2D eigenvalue weighted by molar-refractivity contribution is 5.97. The number of hydroxylamine groups is 1. The molecule has 36 heavy (non-hydrogen) atoms. The summed E-state index contributed by atoms with van der Waals surface area (Å²) in [4.78, 5) is 14.1. The van der Waals surface area contributed by atoms with Crippen molar-refractivity contribution >= 4 is 16.8 Å². The summed E-state index contributed by atoms with van der Waals surface area (Å²) in [5, 5.41) is 9.94. The Morgan fingerprint density at radius 3 is 2.58 bits per heavy atom. The van der Waals surface area contributed by atoms with Crippen molar-refractivity contribution in [3.05, 3.63) is 65.9 Å². The molecular weight excluding hydrogens is 450 g/mol. The highest BCUT2D eigenvalue weighted by Crippen LogP contribution is 2.19. The van der Waals surface area contributed by atoms with Gasteiger partial charge in [-0.2, -0.15) is 0 Å². The van der Waals surface area contributed by atoms with Crippen LogP contribution in [0.5, 0.6) is 5.75 Å². The Kier molecular flexibility index (Phi) is 11.3. The van der Waals surface area contributed by atoms with Crippen molar-refractivity contribution in [1.29, 1.82) is 0 Å². The standard InChI is InChI=1S/C30H43N3O3/c1-24(2)11-8-6-4-5-7-9-17-32(3)23-25-12-10-13-28(21-25)36-20-19-33-18-16-26-14-15-27(22-29(26)33)30(34)31-35/h10,12-16,18,21-22,24,35H,4-9,11,17,19-20,23H2,1-3H3,(H,31,34). The predicted octanol–water partition coefficient (Wildman–Crippen LogP) is 6.66. The lowest BCUT2D eigenvalue weighted by atomic mass is 10.0. The van der Waals surface area contributed by atoms with Gasteiger partial charge in [-0.05, 0) is 67.2 Å². The smallest absolute Gasteiger partial charge is 0.274 e. The van der Waals surface area contributed by atoms with Gasteiger partial charge in [0.05, 0.1) is 6.54 Å². The summed E-state index contributed by atoms with van der Waals surface area (Å²) in [6.45, 7) is 7.84. The molecule has 2 aromatic carbocycles. The molecule has 1 amide bonds. The molecule has 0 bridgehead atoms. The lowest BCUT2D eigenvalue weighted by Gasteiger charge is -2.17. The molecule has 6 heteroatoms. The third-order valence-corrected chi connectivity index (χ3v) is 6.66. The quantitative estimate of drug-likeness (QED) is 0.133. The van der Waals surface area contributed by atoms with E-state index in [1.165, 1.54) is 50.5 Å². The van der Waals surface area contributed by atoms with Crippen LogP contribution >= 0.6 is 0 Å². The Bertz CT molecular complexity index is 1080. The van der Waals surface area contributed by atoms with E-state index in [1.807, 2.05) is 24.4 Å². The molecule has 3 rings (SSSR count). The molecule has 0 spiro atoms. The van der Waals surface area contributed by atoms with E-state index in [-0.39, 0.29) is 0 Å². The van der Waals surface area contributed by atoms with Gasteiger partial charge in [0.1, 0.15) is 12.4 Å². The van der Waals surface area contributed by atoms with Gasteiger partial charge in [0.15, 0.2) is 0 Å². The summed E-state index contributed by atoms with van der Waals surface area (Å²) in [5.41, 5.74) is 4.31. The number of unbranched alkanes of at least 4 members (excludes halogenated alkanes) is 5. The van der Waals surface area contributed by atoms with Gasteiger partial charge in [-0.15, -0.1) is 0 Å². The molecule has 3 aromatic rings. The molecule has 196 valence electrons. The van der Waals surface area contributed by atoms with Gasteiger partial charge in [-0.25, -0.2) is 5.48 Å². The number of benzene rings is 2. The zero-order valence-electron chi connectivity index (χ0n) is 22.2. The molecule has 1 heterocycles. The lowest BCUT2D eigenvalue weighted by molar-refractivity contribution is 0.0706. The highest BCUT2D eigenvalue weighted by atomic mass is 16.5. The Morgan fingerprint density at radius 1 is 1.03 bits per heavy atom. The Hall–Kier alpha value is -2.83. The highest BCUT2D eigenvalue weighted by Gasteiger charge is 2.08. The number of hydrogen-bond acceptors (Lipinski definition) is 4. The Labute approximate surface area is 216 Å². The van der Waals surface area contributed by atoms with Gasteiger partial charge in [-0.3, -0.25) is 10.0 Å². The number of rotatable bonds is 16. The normalized spacial score (nSPS) is 11.5. The van der Waals surface area contributed by atoms with Gasteiger partial charge < -0.3 is 14.2 Å². The van der Waals surface area contributed by atoms with Crippen LogP contribution in [0.4, 0.5) is 0 Å². The third kappa shape index (κ3) is 8.99. The SMILES string of the molecule is CC(C)CCCCCCCCN(C)Cc1cccc(OCCn2ccc3ccc(C(=O)NO)cc32)c1. The lowest BCUT2D eigenvalue weighted by Crippen LogP contribution is -2.19. The number of nitrogens with zero attached hydrogens (tertiary/aromatic N) is 2. The second-order valence-electron chi connectivity index (χ2n) is 10.3. The van der Waals surface area contributed by atoms with E-state index in [1.54, 1.807) is 17.6 Å². The van der Waals surface area contributed by atoms with Crippen LogP contribution in [-0.4, -0.2) is 40.8 Å². The van der Waals surface area contributed by atoms with Crippen molar-refractivity contribution in [2.45, 2.75) is 71.9 Å². The third-order valence-electron chi connectivity index (χ3n) is 6.66. The molecule has 0 unspecified atom stereocenters. The van der Waals surface area contributed by atoms with Gasteiger partial charge in [-0.1, -0.05) is 70.6 Å². The molecule has 0 saturated carbocycles. The van der Waals surface area contributed by atoms with Crippen molar-refractivity contribution in [2.24, 2.45) is 5.92 Å². The van der Waals surface area contributed by atoms with Gasteiger partial charge in [0.25, 0.3) is 5.91 Å². The van der Waals surface area contributed by atoms with E-state index in [0.717, 1.165) is 35.7 Å². The number of hydrogen-bond donors (Lipinski definition) is 2. The van der Waals surface area contributed by atoms with E-state index < -0.39 is 5.91 Å². The van der Waals surface area contributed by atoms with E-state index in [9.17, 15) is 4.79 Å². The fourth-order valence-corrected chi connectivity index (χ4v) is 4.61. The number of ether oxygens (including phenoxy) is 1. The maximum Gasteiger partial charge on any atom is 0.274 e. The molecule has 0 aliphatic rings. The first-order chi connectivity index (χ1) is 17.5. The van der Waals surface area contributed by atoms with Crippen molar-refractivity contribution in [3.8, 4) is 5.75 Å². The van der Waals surface area contributed by atoms with Crippen LogP contribution in [0.1, 0.15) is 74.7 Å². The molecule has 0 aliphatic carbocycles. The van der Waals surface area contributed by atoms with E-state index >= 15 is 0 Å². The van der Waals surface area contributed by atoms with E-state index in [0.29, 0.717) is 18.7 Å². The van der Waals surface area contributed by atoms with Crippen molar-refractivity contribution < 1.29 is 14.7 Å². The predicted molar refractivity (Wildman–Crippen MR) is 147 cm³/mol. The number of fused-ring (bicyclic) bond motifs is 1. The summed E-state index contributed by atoms with van der Waals surface area (Å²) in [7, 11) is 2.19. The molecule has 6 nitrogen and oxygen atoms in total. The average Bonchev–Trinajstić information content (AvgIpc) is 3.27. The van der Waals surface area contributed by atoms with Crippen LogP contribution in [0.25, 0.3) is 10.9 Å². The number of carbonyl (C=O) groups excluding carboxylic acids is 1. The maximum absolute atomic E-state index is 11.7. The first-order valence-electron chi connectivity index (χ1n) is 13.4. The molecule has 0 saturated heterocycles. The second kappa shape index (κ2) is 14.7. The number of amides is 1. The second-order valence-corrected chi connectivity index (χ2v) is 10.3. The van der Waals surface area contributed by atoms with Crippen molar-refractivity contribution in [3.63, 3.8) is 0 Å². The first-order valence-corrected chi connectivity index (χ1v) is 13.4. The summed E-state index contributed by atoms with van der Waals surface area (Å²) < 4.78 is 8.11. The largest absolute Gasteiger partial charge is 0.492 e. The van der Waals surface area contributed by atoms with Crippen molar-refractivity contribution in [1.82, 2.24) is 14.9 Å². The molecular formula is C30H43N3O3. The van der Waals surface area contributed by atoms with Crippen molar-refractivity contribution in [2.75, 3.05) is 20.2 Å². The maximum atomic E-state index is 11.7. The summed E-state index contributed by atoms with van der Waals surface area (Å²) >= 11 is 0. The van der Waals surface area contributed by atoms with Crippen LogP contribution in [0, 0.1) is 5.92 Å². The monoisotopic (exact) mass is 493 g/mol. The fourth-order valence-electron chi connectivity index (χ4n) is 4.61. The molecule has 0 aliphatic heterocycles. The van der Waals surface area contributed by atoms with Crippen LogP contribution < -0.4 is 10.2 Å². The Morgan fingerprint density at radius 2 is 1.81 bits per heavy atom. The van der Waals surface area contributed by atoms with E-state index in [2.05, 4.69) is 48.6 Å². The molecule has 2 N–H and O–H groups in total. The fraction of sp³-hybridized carbons (Fsp3) is 0.500. The molecule has 1 aromatic heterocycles. The minimum atomic E-state index is -0.514. The average molecular weight is 494 g/mol. The van der Waals surface area contributed by atoms with Gasteiger partial charge in [0, 0.05) is 23.8 Å². The Balaban J connectivity index is 1.39. The minimum absolute atomic E-state index is 0.421. The minimum Gasteiger partial charge on any atom is -0.492 e. The number of carbonyl (C=O) groups is 1. The molecule has 0 radical (unpaired) electrons. The number of aromatic nitrogens is 1. The van der Waals surface area contributed by atoms with Gasteiger partial charge in [0.2, 0.25) is 0 Å². The number of nitrogens with one attached hydrogen (secondary N) is 1. The first kappa shape index (κ1) is 27.8. The topological polar surface area (TPSA) is 66.7 Å². The van der Waals surface area contributed by atoms with Gasteiger partial charge >= 0.3 is 0 Å².